The van der Waals surface area contributed by atoms with Gasteiger partial charge in [0, 0.05) is 23.2 Å². The number of benzene rings is 2. The van der Waals surface area contributed by atoms with Crippen LogP contribution in [0, 0.1) is 0 Å². The Hall–Kier alpha value is -2.36. The maximum absolute atomic E-state index is 12.5. The number of carbonyl (C=O) groups excluding carboxylic acids is 1. The molecule has 1 aromatic heterocycles. The van der Waals surface area contributed by atoms with E-state index in [1.807, 2.05) is 34.9 Å². The predicted molar refractivity (Wildman–Crippen MR) is 114 cm³/mol. The van der Waals surface area contributed by atoms with Crippen LogP contribution >= 0.6 is 27.7 Å². The van der Waals surface area contributed by atoms with E-state index in [9.17, 15) is 9.90 Å². The smallest absolute Gasteiger partial charge is 0.233 e. The molecule has 9 heteroatoms. The molecule has 1 saturated heterocycles. The van der Waals surface area contributed by atoms with Crippen LogP contribution in [0.4, 0.5) is 0 Å². The van der Waals surface area contributed by atoms with Crippen molar-refractivity contribution in [1.29, 1.82) is 0 Å². The third-order valence-electron chi connectivity index (χ3n) is 4.54. The van der Waals surface area contributed by atoms with Crippen molar-refractivity contribution >= 4 is 33.6 Å². The molecule has 0 unspecified atom stereocenters. The third-order valence-corrected chi connectivity index (χ3v) is 5.94. The van der Waals surface area contributed by atoms with Gasteiger partial charge in [-0.2, -0.15) is 0 Å². The highest BCUT2D eigenvalue weighted by Gasteiger charge is 2.22. The largest absolute Gasteiger partial charge is 0.507 e. The third kappa shape index (κ3) is 4.47. The van der Waals surface area contributed by atoms with Crippen LogP contribution in [0.2, 0.25) is 0 Å². The number of rotatable bonds is 5. The first-order valence-electron chi connectivity index (χ1n) is 9.11. The molecule has 4 rings (SSSR count). The monoisotopic (exact) mass is 474 g/mol. The summed E-state index contributed by atoms with van der Waals surface area (Å²) in [7, 11) is 0. The second-order valence-electron chi connectivity index (χ2n) is 6.42. The van der Waals surface area contributed by atoms with E-state index in [0.717, 1.165) is 10.2 Å². The van der Waals surface area contributed by atoms with Crippen LogP contribution in [-0.4, -0.2) is 62.7 Å². The van der Waals surface area contributed by atoms with Gasteiger partial charge >= 0.3 is 0 Å². The summed E-state index contributed by atoms with van der Waals surface area (Å²) >= 11 is 4.77. The lowest BCUT2D eigenvalue weighted by Gasteiger charge is -2.26. The fraction of sp³-hybridized carbons (Fsp3) is 0.250. The Labute approximate surface area is 180 Å². The van der Waals surface area contributed by atoms with E-state index in [1.54, 1.807) is 23.1 Å². The van der Waals surface area contributed by atoms with Crippen LogP contribution in [0.3, 0.4) is 0 Å². The minimum atomic E-state index is 0.0489. The number of phenols is 1. The van der Waals surface area contributed by atoms with E-state index in [2.05, 4.69) is 26.1 Å². The number of hydrogen-bond donors (Lipinski definition) is 1. The molecule has 1 aliphatic rings. The van der Waals surface area contributed by atoms with Crippen LogP contribution in [0.15, 0.2) is 58.2 Å². The number of carbonyl (C=O) groups is 1. The minimum absolute atomic E-state index is 0.0489. The van der Waals surface area contributed by atoms with Crippen molar-refractivity contribution in [2.24, 2.45) is 0 Å². The van der Waals surface area contributed by atoms with Gasteiger partial charge in [0.25, 0.3) is 0 Å². The minimum Gasteiger partial charge on any atom is -0.507 e. The fourth-order valence-electron chi connectivity index (χ4n) is 3.07. The molecule has 2 aromatic carbocycles. The first-order valence-corrected chi connectivity index (χ1v) is 10.9. The molecular weight excluding hydrogens is 456 g/mol. The molecule has 0 radical (unpaired) electrons. The lowest BCUT2D eigenvalue weighted by molar-refractivity contribution is -0.132. The number of phenolic OH excluding ortho intramolecular Hbond substituents is 1. The molecule has 0 spiro atoms. The van der Waals surface area contributed by atoms with E-state index < -0.39 is 0 Å². The van der Waals surface area contributed by atoms with Gasteiger partial charge in [-0.3, -0.25) is 9.36 Å². The van der Waals surface area contributed by atoms with Crippen LogP contribution < -0.4 is 0 Å². The predicted octanol–water partition coefficient (Wildman–Crippen LogP) is 3.35. The first-order chi connectivity index (χ1) is 14.1. The zero-order valence-electron chi connectivity index (χ0n) is 15.5. The van der Waals surface area contributed by atoms with E-state index in [1.165, 1.54) is 11.8 Å². The molecule has 1 fully saturated rings. The van der Waals surface area contributed by atoms with Crippen LogP contribution in [-0.2, 0) is 9.53 Å². The van der Waals surface area contributed by atoms with E-state index in [-0.39, 0.29) is 17.4 Å². The molecule has 3 aromatic rings. The molecule has 1 N–H and O–H groups in total. The molecule has 0 aliphatic carbocycles. The average molecular weight is 475 g/mol. The highest BCUT2D eigenvalue weighted by molar-refractivity contribution is 9.10. The second kappa shape index (κ2) is 8.98. The van der Waals surface area contributed by atoms with E-state index in [4.69, 9.17) is 4.74 Å². The van der Waals surface area contributed by atoms with Gasteiger partial charge in [0.05, 0.1) is 24.5 Å². The van der Waals surface area contributed by atoms with Crippen molar-refractivity contribution in [3.63, 3.8) is 0 Å². The van der Waals surface area contributed by atoms with Gasteiger partial charge in [-0.15, -0.1) is 10.2 Å². The normalized spacial score (nSPS) is 14.2. The van der Waals surface area contributed by atoms with Gasteiger partial charge in [-0.05, 0) is 30.3 Å². The van der Waals surface area contributed by atoms with Crippen molar-refractivity contribution in [3.8, 4) is 22.8 Å². The van der Waals surface area contributed by atoms with Gasteiger partial charge in [-0.25, -0.2) is 0 Å². The summed E-state index contributed by atoms with van der Waals surface area (Å²) < 4.78 is 7.99. The van der Waals surface area contributed by atoms with E-state index in [0.29, 0.717) is 42.8 Å². The van der Waals surface area contributed by atoms with Crippen molar-refractivity contribution in [2.75, 3.05) is 32.1 Å². The molecule has 29 heavy (non-hydrogen) atoms. The van der Waals surface area contributed by atoms with Crippen LogP contribution in [0.1, 0.15) is 0 Å². The van der Waals surface area contributed by atoms with Gasteiger partial charge in [-0.1, -0.05) is 45.9 Å². The number of para-hydroxylation sites is 1. The number of aromatic nitrogens is 3. The summed E-state index contributed by atoms with van der Waals surface area (Å²) in [6.07, 6.45) is 0. The fourth-order valence-corrected chi connectivity index (χ4v) is 4.28. The molecule has 7 nitrogen and oxygen atoms in total. The van der Waals surface area contributed by atoms with E-state index >= 15 is 0 Å². The molecule has 0 saturated carbocycles. The topological polar surface area (TPSA) is 80.5 Å². The second-order valence-corrected chi connectivity index (χ2v) is 8.28. The summed E-state index contributed by atoms with van der Waals surface area (Å²) in [6.45, 7) is 2.37. The summed E-state index contributed by atoms with van der Waals surface area (Å²) in [4.78, 5) is 14.3. The van der Waals surface area contributed by atoms with Crippen molar-refractivity contribution in [3.05, 3.63) is 53.0 Å². The molecule has 0 bridgehead atoms. The molecule has 150 valence electrons. The highest BCUT2D eigenvalue weighted by Crippen LogP contribution is 2.34. The molecule has 0 atom stereocenters. The number of aromatic hydroxyl groups is 1. The summed E-state index contributed by atoms with van der Waals surface area (Å²) in [6, 6.07) is 14.8. The van der Waals surface area contributed by atoms with Gasteiger partial charge in [0.1, 0.15) is 5.75 Å². The average Bonchev–Trinajstić information content (AvgIpc) is 3.18. The zero-order chi connectivity index (χ0) is 20.2. The Balaban J connectivity index is 1.66. The Morgan fingerprint density at radius 3 is 2.66 bits per heavy atom. The number of amides is 1. The number of ether oxygens (including phenoxy) is 1. The van der Waals surface area contributed by atoms with Crippen LogP contribution in [0.5, 0.6) is 5.75 Å². The quantitative estimate of drug-likeness (QED) is 0.571. The number of thioether (sulfide) groups is 1. The van der Waals surface area contributed by atoms with Gasteiger partial charge in [0.2, 0.25) is 5.91 Å². The summed E-state index contributed by atoms with van der Waals surface area (Å²) in [5, 5.41) is 19.6. The Bertz CT molecular complexity index is 1010. The summed E-state index contributed by atoms with van der Waals surface area (Å²) in [5.41, 5.74) is 1.41. The Morgan fingerprint density at radius 2 is 1.90 bits per heavy atom. The van der Waals surface area contributed by atoms with Crippen molar-refractivity contribution < 1.29 is 14.6 Å². The molecule has 1 aliphatic heterocycles. The summed E-state index contributed by atoms with van der Waals surface area (Å²) in [5.74, 6) is 0.929. The van der Waals surface area contributed by atoms with Crippen LogP contribution in [0.25, 0.3) is 17.1 Å². The molecular formula is C20H19BrN4O3S. The SMILES string of the molecule is O=C(CSc1nnc(-c2cc(Br)ccc2O)n1-c1ccccc1)N1CCOCC1. The Morgan fingerprint density at radius 1 is 1.14 bits per heavy atom. The maximum Gasteiger partial charge on any atom is 0.233 e. The lowest BCUT2D eigenvalue weighted by atomic mass is 10.2. The molecule has 2 heterocycles. The number of halogens is 1. The van der Waals surface area contributed by atoms with Gasteiger partial charge in [0.15, 0.2) is 11.0 Å². The lowest BCUT2D eigenvalue weighted by Crippen LogP contribution is -2.41. The van der Waals surface area contributed by atoms with Gasteiger partial charge < -0.3 is 14.7 Å². The first kappa shape index (κ1) is 19.9. The Kier molecular flexibility index (Phi) is 6.17. The number of nitrogens with zero attached hydrogens (tertiary/aromatic N) is 4. The maximum atomic E-state index is 12.5. The van der Waals surface area contributed by atoms with Crippen molar-refractivity contribution in [1.82, 2.24) is 19.7 Å². The number of hydrogen-bond acceptors (Lipinski definition) is 6. The standard InChI is InChI=1S/C20H19BrN4O3S/c21-14-6-7-17(26)16(12-14)19-22-23-20(25(19)15-4-2-1-3-5-15)29-13-18(27)24-8-10-28-11-9-24/h1-7,12,26H,8-11,13H2. The van der Waals surface area contributed by atoms with Crippen molar-refractivity contribution in [2.45, 2.75) is 5.16 Å². The molecule has 1 amide bonds. The highest BCUT2D eigenvalue weighted by atomic mass is 79.9. The zero-order valence-corrected chi connectivity index (χ0v) is 17.9. The number of morpholine rings is 1.